The Morgan fingerprint density at radius 2 is 1.27 bits per heavy atom. The number of carbonyl (C=O) groups excluding carboxylic acids is 1. The van der Waals surface area contributed by atoms with E-state index in [1.807, 2.05) is 0 Å². The molecule has 178 valence electrons. The van der Waals surface area contributed by atoms with Crippen molar-refractivity contribution in [3.05, 3.63) is 53.6 Å². The number of nitrogens with one attached hydrogen (secondary N) is 1. The van der Waals surface area contributed by atoms with Crippen molar-refractivity contribution in [2.75, 3.05) is 5.32 Å². The number of aromatic carboxylic acids is 2. The SMILES string of the molecule is CCCCCCCCCCCC(=O)Nc1ccc(Oc2ccc(C(=O)O)c(C(=O)O)c2)cc1. The number of amides is 1. The lowest BCUT2D eigenvalue weighted by molar-refractivity contribution is -0.116. The molecule has 2 aromatic carbocycles. The Kier molecular flexibility index (Phi) is 10.9. The van der Waals surface area contributed by atoms with Gasteiger partial charge in [-0.1, -0.05) is 58.3 Å². The second-order valence-electron chi connectivity index (χ2n) is 8.07. The highest BCUT2D eigenvalue weighted by atomic mass is 16.5. The van der Waals surface area contributed by atoms with Crippen LogP contribution in [0.5, 0.6) is 11.5 Å². The number of carbonyl (C=O) groups is 3. The number of rotatable bonds is 15. The van der Waals surface area contributed by atoms with E-state index in [1.54, 1.807) is 24.3 Å². The Bertz CT molecular complexity index is 923. The summed E-state index contributed by atoms with van der Waals surface area (Å²) in [6.07, 6.45) is 11.3. The molecule has 0 radical (unpaired) electrons. The van der Waals surface area contributed by atoms with Gasteiger partial charge in [0.1, 0.15) is 11.5 Å². The van der Waals surface area contributed by atoms with E-state index in [2.05, 4.69) is 12.2 Å². The molecule has 0 aliphatic carbocycles. The lowest BCUT2D eigenvalue weighted by atomic mass is 10.1. The Morgan fingerprint density at radius 1 is 0.727 bits per heavy atom. The van der Waals surface area contributed by atoms with Crippen LogP contribution in [-0.2, 0) is 4.79 Å². The molecule has 0 atom stereocenters. The molecule has 3 N–H and O–H groups in total. The number of hydrogen-bond acceptors (Lipinski definition) is 4. The molecule has 0 heterocycles. The first kappa shape index (κ1) is 25.9. The first-order valence-corrected chi connectivity index (χ1v) is 11.6. The molecule has 7 nitrogen and oxygen atoms in total. The Labute approximate surface area is 194 Å². The van der Waals surface area contributed by atoms with Gasteiger partial charge in [0.25, 0.3) is 0 Å². The van der Waals surface area contributed by atoms with Crippen LogP contribution in [0.15, 0.2) is 42.5 Å². The monoisotopic (exact) mass is 455 g/mol. The zero-order chi connectivity index (χ0) is 24.1. The van der Waals surface area contributed by atoms with Crippen LogP contribution in [0, 0.1) is 0 Å². The minimum absolute atomic E-state index is 0.0260. The number of carboxylic acids is 2. The smallest absolute Gasteiger partial charge is 0.336 e. The van der Waals surface area contributed by atoms with Crippen LogP contribution in [0.25, 0.3) is 0 Å². The van der Waals surface area contributed by atoms with Crippen molar-refractivity contribution >= 4 is 23.5 Å². The summed E-state index contributed by atoms with van der Waals surface area (Å²) in [4.78, 5) is 34.6. The van der Waals surface area contributed by atoms with Crippen LogP contribution in [-0.4, -0.2) is 28.1 Å². The number of anilines is 1. The molecule has 0 unspecified atom stereocenters. The summed E-state index contributed by atoms with van der Waals surface area (Å²) in [5, 5.41) is 21.2. The normalized spacial score (nSPS) is 10.6. The molecule has 0 bridgehead atoms. The van der Waals surface area contributed by atoms with Crippen LogP contribution in [0.2, 0.25) is 0 Å². The average Bonchev–Trinajstić information content (AvgIpc) is 2.79. The van der Waals surface area contributed by atoms with Crippen LogP contribution in [0.3, 0.4) is 0 Å². The quantitative estimate of drug-likeness (QED) is 0.256. The second-order valence-corrected chi connectivity index (χ2v) is 8.07. The highest BCUT2D eigenvalue weighted by Crippen LogP contribution is 2.26. The summed E-state index contributed by atoms with van der Waals surface area (Å²) >= 11 is 0. The van der Waals surface area contributed by atoms with Gasteiger partial charge in [0.05, 0.1) is 11.1 Å². The predicted octanol–water partition coefficient (Wildman–Crippen LogP) is 6.73. The van der Waals surface area contributed by atoms with Crippen LogP contribution in [0.1, 0.15) is 91.8 Å². The van der Waals surface area contributed by atoms with E-state index >= 15 is 0 Å². The third-order valence-corrected chi connectivity index (χ3v) is 5.33. The van der Waals surface area contributed by atoms with Gasteiger partial charge in [-0.3, -0.25) is 4.79 Å². The predicted molar refractivity (Wildman–Crippen MR) is 127 cm³/mol. The molecule has 7 heteroatoms. The summed E-state index contributed by atoms with van der Waals surface area (Å²) in [6.45, 7) is 2.22. The van der Waals surface area contributed by atoms with E-state index in [0.29, 0.717) is 17.9 Å². The van der Waals surface area contributed by atoms with Crippen molar-refractivity contribution in [3.8, 4) is 11.5 Å². The molecule has 0 saturated carbocycles. The number of benzene rings is 2. The molecule has 0 aromatic heterocycles. The van der Waals surface area contributed by atoms with Gasteiger partial charge >= 0.3 is 11.9 Å². The van der Waals surface area contributed by atoms with Gasteiger partial charge in [-0.15, -0.1) is 0 Å². The van der Waals surface area contributed by atoms with Crippen molar-refractivity contribution < 1.29 is 29.3 Å². The number of carboxylic acid groups (broad SMARTS) is 2. The molecule has 0 aliphatic heterocycles. The number of unbranched alkanes of at least 4 members (excludes halogenated alkanes) is 8. The summed E-state index contributed by atoms with van der Waals surface area (Å²) in [5.74, 6) is -2.04. The van der Waals surface area contributed by atoms with Gasteiger partial charge < -0.3 is 20.3 Å². The topological polar surface area (TPSA) is 113 Å². The number of ether oxygens (including phenoxy) is 1. The largest absolute Gasteiger partial charge is 0.478 e. The molecule has 2 aromatic rings. The summed E-state index contributed by atoms with van der Waals surface area (Å²) < 4.78 is 5.63. The Hall–Kier alpha value is -3.35. The van der Waals surface area contributed by atoms with Gasteiger partial charge in [0, 0.05) is 12.1 Å². The zero-order valence-corrected chi connectivity index (χ0v) is 19.1. The lowest BCUT2D eigenvalue weighted by Crippen LogP contribution is -2.10. The molecule has 0 fully saturated rings. The molecule has 33 heavy (non-hydrogen) atoms. The van der Waals surface area contributed by atoms with Crippen molar-refractivity contribution in [1.82, 2.24) is 0 Å². The molecule has 0 saturated heterocycles. The van der Waals surface area contributed by atoms with Gasteiger partial charge in [0.15, 0.2) is 0 Å². The molecular formula is C26H33NO6. The highest BCUT2D eigenvalue weighted by molar-refractivity contribution is 6.02. The fourth-order valence-electron chi connectivity index (χ4n) is 3.51. The van der Waals surface area contributed by atoms with Crippen molar-refractivity contribution in [3.63, 3.8) is 0 Å². The van der Waals surface area contributed by atoms with Crippen LogP contribution < -0.4 is 10.1 Å². The summed E-state index contributed by atoms with van der Waals surface area (Å²) in [5.41, 5.74) is -0.00372. The third kappa shape index (κ3) is 9.35. The second kappa shape index (κ2) is 13.9. The van der Waals surface area contributed by atoms with E-state index in [4.69, 9.17) is 9.84 Å². The number of hydrogen-bond donors (Lipinski definition) is 3. The lowest BCUT2D eigenvalue weighted by Gasteiger charge is -2.10. The minimum atomic E-state index is -1.34. The van der Waals surface area contributed by atoms with E-state index < -0.39 is 11.9 Å². The molecule has 1 amide bonds. The fourth-order valence-corrected chi connectivity index (χ4v) is 3.51. The van der Waals surface area contributed by atoms with E-state index in [0.717, 1.165) is 12.8 Å². The van der Waals surface area contributed by atoms with Gasteiger partial charge in [0.2, 0.25) is 5.91 Å². The van der Waals surface area contributed by atoms with Gasteiger partial charge in [-0.2, -0.15) is 0 Å². The maximum atomic E-state index is 12.1. The van der Waals surface area contributed by atoms with Crippen LogP contribution >= 0.6 is 0 Å². The van der Waals surface area contributed by atoms with Gasteiger partial charge in [-0.05, 0) is 48.9 Å². The standard InChI is InChI=1S/C26H33NO6/c1-2-3-4-5-6-7-8-9-10-11-24(28)27-19-12-14-20(15-13-19)33-21-16-17-22(25(29)30)23(18-21)26(31)32/h12-18H,2-11H2,1H3,(H,27,28)(H,29,30)(H,31,32). The van der Waals surface area contributed by atoms with Crippen molar-refractivity contribution in [2.24, 2.45) is 0 Å². The average molecular weight is 456 g/mol. The Morgan fingerprint density at radius 3 is 1.85 bits per heavy atom. The van der Waals surface area contributed by atoms with E-state index in [9.17, 15) is 19.5 Å². The van der Waals surface area contributed by atoms with Crippen molar-refractivity contribution in [1.29, 1.82) is 0 Å². The highest BCUT2D eigenvalue weighted by Gasteiger charge is 2.17. The third-order valence-electron chi connectivity index (χ3n) is 5.33. The summed E-state index contributed by atoms with van der Waals surface area (Å²) in [6, 6.07) is 10.5. The Balaban J connectivity index is 1.75. The first-order valence-electron chi connectivity index (χ1n) is 11.6. The fraction of sp³-hybridized carbons (Fsp3) is 0.423. The van der Waals surface area contributed by atoms with Crippen molar-refractivity contribution in [2.45, 2.75) is 71.1 Å². The zero-order valence-electron chi connectivity index (χ0n) is 19.1. The molecule has 0 spiro atoms. The summed E-state index contributed by atoms with van der Waals surface area (Å²) in [7, 11) is 0. The maximum Gasteiger partial charge on any atom is 0.336 e. The molecule has 0 aliphatic rings. The van der Waals surface area contributed by atoms with Gasteiger partial charge in [-0.25, -0.2) is 9.59 Å². The first-order chi connectivity index (χ1) is 15.9. The van der Waals surface area contributed by atoms with E-state index in [1.165, 1.54) is 63.1 Å². The van der Waals surface area contributed by atoms with E-state index in [-0.39, 0.29) is 22.8 Å². The molecular weight excluding hydrogens is 422 g/mol. The maximum absolute atomic E-state index is 12.1. The van der Waals surface area contributed by atoms with Crippen LogP contribution in [0.4, 0.5) is 5.69 Å². The minimum Gasteiger partial charge on any atom is -0.478 e. The molecule has 2 rings (SSSR count).